The molecule has 0 amide bonds. The summed E-state index contributed by atoms with van der Waals surface area (Å²) in [4.78, 5) is 11.7. The van der Waals surface area contributed by atoms with Crippen molar-refractivity contribution in [1.82, 2.24) is 19.9 Å². The largest absolute Gasteiger partial charge is 0.368 e. The molecule has 38 heavy (non-hydrogen) atoms. The van der Waals surface area contributed by atoms with Crippen molar-refractivity contribution in [3.63, 3.8) is 0 Å². The van der Waals surface area contributed by atoms with Crippen LogP contribution in [0, 0.1) is 6.92 Å². The summed E-state index contributed by atoms with van der Waals surface area (Å²) in [5.41, 5.74) is 5.42. The highest BCUT2D eigenvalue weighted by molar-refractivity contribution is 7.92. The summed E-state index contributed by atoms with van der Waals surface area (Å²) in [5, 5.41) is 8.25. The number of anilines is 4. The monoisotopic (exact) mass is 553 g/mol. The van der Waals surface area contributed by atoms with Crippen LogP contribution in [-0.2, 0) is 16.6 Å². The standard InChI is InChI=1S/C27H32ClN7O2S/c1-18-13-23(6-8-24(18)34-12-10-29-19(2)16-34)31-27-30-15-20-9-11-35(26(20)32-27)17-21-14-22(28)5-7-25(21)33(3)38(4,36)37/h5-9,11,13-15,19,29H,10,12,16-17H2,1-4H3,(H,30,31,32)/t19-/m0/s1. The van der Waals surface area contributed by atoms with E-state index in [2.05, 4.69) is 52.6 Å². The first-order valence-electron chi connectivity index (χ1n) is 12.5. The number of piperazine rings is 1. The van der Waals surface area contributed by atoms with Crippen molar-refractivity contribution in [2.75, 3.05) is 47.5 Å². The Morgan fingerprint density at radius 1 is 1.21 bits per heavy atom. The highest BCUT2D eigenvalue weighted by Gasteiger charge is 2.19. The van der Waals surface area contributed by atoms with E-state index in [0.29, 0.717) is 29.2 Å². The van der Waals surface area contributed by atoms with E-state index in [9.17, 15) is 8.42 Å². The van der Waals surface area contributed by atoms with Crippen LogP contribution in [0.15, 0.2) is 54.9 Å². The lowest BCUT2D eigenvalue weighted by Crippen LogP contribution is -2.49. The molecule has 200 valence electrons. The number of nitrogens with zero attached hydrogens (tertiary/aromatic N) is 5. The van der Waals surface area contributed by atoms with Crippen LogP contribution in [0.3, 0.4) is 0 Å². The Hall–Kier alpha value is -3.34. The average Bonchev–Trinajstić information content (AvgIpc) is 3.25. The van der Waals surface area contributed by atoms with Gasteiger partial charge < -0.3 is 20.1 Å². The highest BCUT2D eigenvalue weighted by atomic mass is 35.5. The van der Waals surface area contributed by atoms with E-state index in [1.54, 1.807) is 24.4 Å². The third-order valence-corrected chi connectivity index (χ3v) is 8.31. The molecule has 1 aliphatic heterocycles. The Morgan fingerprint density at radius 2 is 2.03 bits per heavy atom. The summed E-state index contributed by atoms with van der Waals surface area (Å²) in [6.07, 6.45) is 4.88. The summed E-state index contributed by atoms with van der Waals surface area (Å²) >= 11 is 6.27. The number of sulfonamides is 1. The van der Waals surface area contributed by atoms with Crippen molar-refractivity contribution < 1.29 is 8.42 Å². The van der Waals surface area contributed by atoms with Gasteiger partial charge in [0.1, 0.15) is 5.65 Å². The van der Waals surface area contributed by atoms with Crippen molar-refractivity contribution in [2.24, 2.45) is 0 Å². The third kappa shape index (κ3) is 5.57. The number of aryl methyl sites for hydroxylation is 1. The molecule has 2 N–H and O–H groups in total. The van der Waals surface area contributed by atoms with Gasteiger partial charge in [-0.2, -0.15) is 4.98 Å². The lowest BCUT2D eigenvalue weighted by Gasteiger charge is -2.34. The molecule has 0 spiro atoms. The van der Waals surface area contributed by atoms with Crippen LogP contribution in [-0.4, -0.2) is 61.9 Å². The van der Waals surface area contributed by atoms with Crippen molar-refractivity contribution in [1.29, 1.82) is 0 Å². The molecule has 1 fully saturated rings. The van der Waals surface area contributed by atoms with Gasteiger partial charge in [-0.1, -0.05) is 11.6 Å². The van der Waals surface area contributed by atoms with E-state index in [1.807, 2.05) is 16.8 Å². The lowest BCUT2D eigenvalue weighted by molar-refractivity contribution is 0.484. The molecule has 0 unspecified atom stereocenters. The number of halogens is 1. The minimum Gasteiger partial charge on any atom is -0.368 e. The van der Waals surface area contributed by atoms with E-state index in [1.165, 1.54) is 28.9 Å². The van der Waals surface area contributed by atoms with Crippen LogP contribution in [0.25, 0.3) is 11.0 Å². The van der Waals surface area contributed by atoms with Crippen LogP contribution in [0.5, 0.6) is 0 Å². The molecule has 9 nitrogen and oxygen atoms in total. The number of hydrogen-bond donors (Lipinski definition) is 2. The van der Waals surface area contributed by atoms with Gasteiger partial charge in [0.2, 0.25) is 16.0 Å². The fourth-order valence-corrected chi connectivity index (χ4v) is 5.61. The second kappa shape index (κ2) is 10.4. The summed E-state index contributed by atoms with van der Waals surface area (Å²) in [6, 6.07) is 13.9. The molecule has 2 aromatic carbocycles. The molecule has 0 aliphatic carbocycles. The average molecular weight is 554 g/mol. The number of nitrogens with one attached hydrogen (secondary N) is 2. The molecule has 0 bridgehead atoms. The molecule has 11 heteroatoms. The van der Waals surface area contributed by atoms with Gasteiger partial charge in [-0.15, -0.1) is 0 Å². The predicted octanol–water partition coefficient (Wildman–Crippen LogP) is 4.38. The minimum atomic E-state index is -3.43. The molecule has 4 aromatic rings. The number of aromatic nitrogens is 3. The maximum atomic E-state index is 12.2. The van der Waals surface area contributed by atoms with Crippen molar-refractivity contribution in [3.05, 3.63) is 71.0 Å². The number of hydrogen-bond acceptors (Lipinski definition) is 7. The van der Waals surface area contributed by atoms with Gasteiger partial charge in [0.25, 0.3) is 0 Å². The fraction of sp³-hybridized carbons (Fsp3) is 0.333. The number of fused-ring (bicyclic) bond motifs is 1. The zero-order chi connectivity index (χ0) is 27.0. The Labute approximate surface area is 228 Å². The summed E-state index contributed by atoms with van der Waals surface area (Å²) < 4.78 is 27.6. The van der Waals surface area contributed by atoms with Gasteiger partial charge in [-0.05, 0) is 67.4 Å². The molecule has 1 saturated heterocycles. The molecule has 1 aliphatic rings. The second-order valence-corrected chi connectivity index (χ2v) is 12.3. The van der Waals surface area contributed by atoms with Gasteiger partial charge in [0.15, 0.2) is 0 Å². The van der Waals surface area contributed by atoms with Crippen LogP contribution in [0.4, 0.5) is 23.0 Å². The smallest absolute Gasteiger partial charge is 0.232 e. The zero-order valence-electron chi connectivity index (χ0n) is 21.9. The lowest BCUT2D eigenvalue weighted by atomic mass is 10.1. The predicted molar refractivity (Wildman–Crippen MR) is 155 cm³/mol. The Kier molecular flexibility index (Phi) is 7.21. The van der Waals surface area contributed by atoms with Crippen molar-refractivity contribution in [3.8, 4) is 0 Å². The first-order chi connectivity index (χ1) is 18.1. The van der Waals surface area contributed by atoms with E-state index < -0.39 is 10.0 Å². The second-order valence-electron chi connectivity index (χ2n) is 9.85. The van der Waals surface area contributed by atoms with Gasteiger partial charge in [-0.25, -0.2) is 13.4 Å². The van der Waals surface area contributed by atoms with Crippen LogP contribution < -0.4 is 19.8 Å². The number of benzene rings is 2. The normalized spacial score (nSPS) is 16.1. The first kappa shape index (κ1) is 26.3. The minimum absolute atomic E-state index is 0.395. The van der Waals surface area contributed by atoms with Gasteiger partial charge >= 0.3 is 0 Å². The summed E-state index contributed by atoms with van der Waals surface area (Å²) in [5.74, 6) is 0.486. The van der Waals surface area contributed by atoms with Crippen LogP contribution >= 0.6 is 11.6 Å². The van der Waals surface area contributed by atoms with Crippen LogP contribution in [0.2, 0.25) is 5.02 Å². The highest BCUT2D eigenvalue weighted by Crippen LogP contribution is 2.29. The van der Waals surface area contributed by atoms with E-state index >= 15 is 0 Å². The molecule has 0 radical (unpaired) electrons. The quantitative estimate of drug-likeness (QED) is 0.351. The van der Waals surface area contributed by atoms with Gasteiger partial charge in [0.05, 0.1) is 18.5 Å². The Balaban J connectivity index is 1.40. The van der Waals surface area contributed by atoms with Crippen molar-refractivity contribution in [2.45, 2.75) is 26.4 Å². The molecule has 3 heterocycles. The molecule has 0 saturated carbocycles. The number of rotatable bonds is 7. The van der Waals surface area contributed by atoms with E-state index in [-0.39, 0.29) is 0 Å². The van der Waals surface area contributed by atoms with Gasteiger partial charge in [0, 0.05) is 66.9 Å². The Morgan fingerprint density at radius 3 is 2.76 bits per heavy atom. The first-order valence-corrected chi connectivity index (χ1v) is 14.7. The maximum absolute atomic E-state index is 12.2. The van der Waals surface area contributed by atoms with Gasteiger partial charge in [-0.3, -0.25) is 4.31 Å². The summed E-state index contributed by atoms with van der Waals surface area (Å²) in [6.45, 7) is 7.68. The third-order valence-electron chi connectivity index (χ3n) is 6.88. The van der Waals surface area contributed by atoms with E-state index in [0.717, 1.165) is 41.9 Å². The summed E-state index contributed by atoms with van der Waals surface area (Å²) in [7, 11) is -1.89. The fourth-order valence-electron chi connectivity index (χ4n) is 4.88. The molecular weight excluding hydrogens is 522 g/mol. The molecule has 2 aromatic heterocycles. The zero-order valence-corrected chi connectivity index (χ0v) is 23.5. The molecular formula is C27H32ClN7O2S. The topological polar surface area (TPSA) is 95.4 Å². The molecule has 5 rings (SSSR count). The maximum Gasteiger partial charge on any atom is 0.232 e. The van der Waals surface area contributed by atoms with Crippen molar-refractivity contribution >= 4 is 55.7 Å². The SMILES string of the molecule is Cc1cc(Nc2ncc3ccn(Cc4cc(Cl)ccc4N(C)S(C)(=O)=O)c3n2)ccc1N1CCN[C@@H](C)C1. The molecule has 1 atom stereocenters. The Bertz CT molecular complexity index is 1590. The van der Waals surface area contributed by atoms with Crippen LogP contribution in [0.1, 0.15) is 18.1 Å². The van der Waals surface area contributed by atoms with E-state index in [4.69, 9.17) is 16.6 Å².